The summed E-state index contributed by atoms with van der Waals surface area (Å²) in [6, 6.07) is 0. The van der Waals surface area contributed by atoms with Crippen molar-refractivity contribution >= 4 is 47.0 Å². The summed E-state index contributed by atoms with van der Waals surface area (Å²) in [6.45, 7) is 15.5. The lowest BCUT2D eigenvalue weighted by Crippen LogP contribution is -2.28. The second-order valence-electron chi connectivity index (χ2n) is 13.8. The van der Waals surface area contributed by atoms with Crippen LogP contribution in [0, 0.1) is 0 Å². The quantitative estimate of drug-likeness (QED) is 0.126. The molecule has 16 nitrogen and oxygen atoms in total. The molecule has 3 atom stereocenters. The van der Waals surface area contributed by atoms with E-state index in [-0.39, 0.29) is 24.9 Å². The zero-order valence-corrected chi connectivity index (χ0v) is 40.8. The lowest BCUT2D eigenvalue weighted by atomic mass is 10.4. The Balaban J connectivity index is 1.51. The molecule has 0 radical (unpaired) electrons. The summed E-state index contributed by atoms with van der Waals surface area (Å²) in [5.74, 6) is 7.42. The minimum Gasteiger partial charge on any atom is -0.396 e. The number of aliphatic hydroxyl groups excluding tert-OH is 1. The molecule has 62 heavy (non-hydrogen) atoms. The topological polar surface area (TPSA) is 159 Å². The van der Waals surface area contributed by atoms with Crippen LogP contribution in [0.25, 0.3) is 0 Å². The Bertz CT molecular complexity index is 848. The molecular weight excluding hydrogens is 889 g/mol. The van der Waals surface area contributed by atoms with Crippen LogP contribution in [0.5, 0.6) is 0 Å². The maximum absolute atomic E-state index is 9.11. The van der Waals surface area contributed by atoms with E-state index in [2.05, 4.69) is 0 Å². The second-order valence-corrected chi connectivity index (χ2v) is 18.7. The average Bonchev–Trinajstić information content (AvgIpc) is 3.28. The lowest BCUT2D eigenvalue weighted by molar-refractivity contribution is -0.0813. The van der Waals surface area contributed by atoms with Crippen LogP contribution < -0.4 is 0 Å². The maximum atomic E-state index is 9.11. The molecule has 2 aliphatic heterocycles. The van der Waals surface area contributed by atoms with E-state index in [0.29, 0.717) is 158 Å². The highest BCUT2D eigenvalue weighted by Crippen LogP contribution is 2.07. The van der Waals surface area contributed by atoms with Gasteiger partial charge in [-0.2, -0.15) is 47.0 Å². The highest BCUT2D eigenvalue weighted by atomic mass is 32.2. The van der Waals surface area contributed by atoms with Crippen LogP contribution in [-0.4, -0.2) is 254 Å². The number of ether oxygens (including phenoxy) is 15. The summed E-state index contributed by atoms with van der Waals surface area (Å²) < 4.78 is 87.4. The first-order valence-corrected chi connectivity index (χ1v) is 27.2. The van der Waals surface area contributed by atoms with E-state index in [1.54, 1.807) is 0 Å². The summed E-state index contributed by atoms with van der Waals surface area (Å²) in [5.41, 5.74) is 0. The van der Waals surface area contributed by atoms with Crippen LogP contribution in [0.3, 0.4) is 0 Å². The second kappa shape index (κ2) is 49.7. The number of thioether (sulfide) groups is 4. The van der Waals surface area contributed by atoms with Crippen LogP contribution in [0.15, 0.2) is 0 Å². The normalized spacial score (nSPS) is 22.2. The largest absolute Gasteiger partial charge is 0.396 e. The Kier molecular flexibility index (Phi) is 47.2. The molecular formula is C42H82O16S4. The summed E-state index contributed by atoms with van der Waals surface area (Å²) in [6.07, 6.45) is 1.66. The minimum atomic E-state index is -0.251. The van der Waals surface area contributed by atoms with Gasteiger partial charge in [0, 0.05) is 85.7 Å². The van der Waals surface area contributed by atoms with Crippen molar-refractivity contribution < 1.29 is 76.2 Å². The molecule has 2 saturated heterocycles. The van der Waals surface area contributed by atoms with Gasteiger partial charge in [0.15, 0.2) is 0 Å². The number of hydrogen-bond donors (Lipinski definition) is 1. The predicted octanol–water partition coefficient (Wildman–Crippen LogP) is 3.46. The fourth-order valence-corrected chi connectivity index (χ4v) is 7.98. The maximum Gasteiger partial charge on any atom is 0.104 e. The fraction of sp³-hybridized carbons (Fsp3) is 1.00. The van der Waals surface area contributed by atoms with Crippen molar-refractivity contribution in [3.05, 3.63) is 0 Å². The highest BCUT2D eigenvalue weighted by molar-refractivity contribution is 7.99. The van der Waals surface area contributed by atoms with E-state index in [1.807, 2.05) is 47.0 Å². The van der Waals surface area contributed by atoms with E-state index < -0.39 is 0 Å². The first-order valence-electron chi connectivity index (χ1n) is 22.6. The van der Waals surface area contributed by atoms with E-state index in [0.717, 1.165) is 85.3 Å². The Morgan fingerprint density at radius 2 is 0.758 bits per heavy atom. The van der Waals surface area contributed by atoms with Crippen molar-refractivity contribution in [3.8, 4) is 0 Å². The van der Waals surface area contributed by atoms with E-state index in [4.69, 9.17) is 76.2 Å². The molecule has 0 spiro atoms. The van der Waals surface area contributed by atoms with Gasteiger partial charge in [0.05, 0.1) is 145 Å². The highest BCUT2D eigenvalue weighted by Gasteiger charge is 2.13. The molecule has 0 aromatic heterocycles. The van der Waals surface area contributed by atoms with Crippen LogP contribution in [-0.2, 0) is 71.1 Å². The van der Waals surface area contributed by atoms with Crippen molar-refractivity contribution in [3.63, 3.8) is 0 Å². The molecule has 2 heterocycles. The predicted molar refractivity (Wildman–Crippen MR) is 249 cm³/mol. The van der Waals surface area contributed by atoms with Gasteiger partial charge >= 0.3 is 0 Å². The molecule has 0 aromatic rings. The van der Waals surface area contributed by atoms with Gasteiger partial charge in [-0.05, 0) is 19.3 Å². The van der Waals surface area contributed by atoms with Crippen molar-refractivity contribution in [2.45, 2.75) is 37.6 Å². The SMILES string of the molecule is OCCCOCC(COCCOCCCOCC1COCCSCCOCCOCCSCCO1)OCCOCCCOCC1COCCSCCOCCOCCSCCO1. The van der Waals surface area contributed by atoms with E-state index in [1.165, 1.54) is 0 Å². The lowest BCUT2D eigenvalue weighted by Gasteiger charge is -2.19. The van der Waals surface area contributed by atoms with Crippen LogP contribution >= 0.6 is 47.0 Å². The molecule has 1 N–H and O–H groups in total. The van der Waals surface area contributed by atoms with Crippen molar-refractivity contribution in [1.29, 1.82) is 0 Å². The Hall–Kier alpha value is 0.760. The van der Waals surface area contributed by atoms with Gasteiger partial charge in [-0.25, -0.2) is 0 Å². The van der Waals surface area contributed by atoms with Gasteiger partial charge in [0.25, 0.3) is 0 Å². The molecule has 3 unspecified atom stereocenters. The Morgan fingerprint density at radius 1 is 0.387 bits per heavy atom. The Labute approximate surface area is 390 Å². The van der Waals surface area contributed by atoms with Gasteiger partial charge in [0.1, 0.15) is 18.3 Å². The van der Waals surface area contributed by atoms with Gasteiger partial charge in [0.2, 0.25) is 0 Å². The molecule has 2 rings (SSSR count). The van der Waals surface area contributed by atoms with Crippen LogP contribution in [0.2, 0.25) is 0 Å². The summed E-state index contributed by atoms with van der Waals surface area (Å²) >= 11 is 7.29. The molecule has 0 aromatic carbocycles. The first-order chi connectivity index (χ1) is 30.9. The number of hydrogen-bond acceptors (Lipinski definition) is 20. The first kappa shape index (κ1) is 58.9. The zero-order valence-electron chi connectivity index (χ0n) is 37.5. The molecule has 0 amide bonds. The zero-order chi connectivity index (χ0) is 43.7. The smallest absolute Gasteiger partial charge is 0.104 e. The van der Waals surface area contributed by atoms with Gasteiger partial charge < -0.3 is 76.2 Å². The van der Waals surface area contributed by atoms with Crippen molar-refractivity contribution in [2.24, 2.45) is 0 Å². The molecule has 2 aliphatic rings. The Morgan fingerprint density at radius 3 is 1.23 bits per heavy atom. The third kappa shape index (κ3) is 42.1. The molecule has 0 saturated carbocycles. The van der Waals surface area contributed by atoms with Crippen LogP contribution in [0.4, 0.5) is 0 Å². The van der Waals surface area contributed by atoms with Gasteiger partial charge in [-0.3, -0.25) is 0 Å². The van der Waals surface area contributed by atoms with Gasteiger partial charge in [-0.15, -0.1) is 0 Å². The summed E-state index contributed by atoms with van der Waals surface area (Å²) in [5, 5.41) is 9.11. The third-order valence-corrected chi connectivity index (χ3v) is 12.2. The summed E-state index contributed by atoms with van der Waals surface area (Å²) in [7, 11) is 0. The number of rotatable bonds is 26. The fourth-order valence-electron chi connectivity index (χ4n) is 5.32. The standard InChI is InChI=1S/C42H82O16S4/c43-4-1-5-50-34-40(56-17-16-45-7-3-9-52-36-42-39-55-23-31-60-27-19-47-11-13-49-21-29-62-33-25-58-42)37-53-15-14-44-6-2-8-51-35-41-38-54-22-30-59-26-18-46-10-12-48-20-28-61-32-24-57-41/h40-43H,1-39H2. The van der Waals surface area contributed by atoms with Crippen molar-refractivity contribution in [1.82, 2.24) is 0 Å². The number of aliphatic hydroxyl groups is 1. The van der Waals surface area contributed by atoms with Crippen LogP contribution in [0.1, 0.15) is 19.3 Å². The molecule has 20 heteroatoms. The molecule has 2 fully saturated rings. The molecule has 0 bridgehead atoms. The third-order valence-electron chi connectivity index (χ3n) is 8.52. The molecule has 370 valence electrons. The van der Waals surface area contributed by atoms with E-state index in [9.17, 15) is 0 Å². The average molecular weight is 971 g/mol. The van der Waals surface area contributed by atoms with Crippen molar-refractivity contribution in [2.75, 3.05) is 231 Å². The van der Waals surface area contributed by atoms with Gasteiger partial charge in [-0.1, -0.05) is 0 Å². The monoisotopic (exact) mass is 970 g/mol. The molecule has 0 aliphatic carbocycles. The summed E-state index contributed by atoms with van der Waals surface area (Å²) in [4.78, 5) is 0. The minimum absolute atomic E-state index is 0.0864. The van der Waals surface area contributed by atoms with E-state index >= 15 is 0 Å².